The minimum Gasteiger partial charge on any atom is -0.305 e. The van der Waals surface area contributed by atoms with Gasteiger partial charge in [-0.1, -0.05) is 268 Å². The molecule has 6 fully saturated rings. The van der Waals surface area contributed by atoms with Gasteiger partial charge in [0.2, 0.25) is 0 Å². The van der Waals surface area contributed by atoms with E-state index >= 15 is 0 Å². The number of aromatic nitrogens is 6. The predicted molar refractivity (Wildman–Crippen MR) is 543 cm³/mol. The van der Waals surface area contributed by atoms with Gasteiger partial charge in [-0.25, -0.2) is 0 Å². The SMILES string of the molecule is C[Si](C)(C)c1ccc(-c2[c-]cccc2)nc1.C[Si](C)(C)c1ccc(-c2[c-]cccc2)nc1.C[Si](C)(C)c1ccc(-c2[c-]cccc2)nc1.Cc1ccc[c-]c1-c1cc(CC2C3CC4CC(C3)CC2C4)c([Si](C)(C)C)cn1.Cc1ccc[c-]c1-c1cc(CC2CCCC2)c([Si](C)(C)C)cn1.Cc1ccc[c-]c1-c1cc(CC2CCCCC2)c([Si](C)(C)C)cn1.[Ir].[Ir].[Ir]. The Morgan fingerprint density at radius 2 is 0.556 bits per heavy atom. The maximum atomic E-state index is 4.92. The van der Waals surface area contributed by atoms with Crippen LogP contribution in [-0.2, 0) is 79.6 Å². The molecule has 6 aromatic heterocycles. The Morgan fingerprint density at radius 3 is 0.810 bits per heavy atom. The quantitative estimate of drug-likeness (QED) is 0.0629. The van der Waals surface area contributed by atoms with Crippen molar-refractivity contribution >= 4 is 79.6 Å². The van der Waals surface area contributed by atoms with Gasteiger partial charge in [0.05, 0.1) is 48.4 Å². The Hall–Kier alpha value is -6.53. The van der Waals surface area contributed by atoms with Crippen molar-refractivity contribution in [3.63, 3.8) is 0 Å². The van der Waals surface area contributed by atoms with Crippen LogP contribution in [0.5, 0.6) is 0 Å². The number of benzene rings is 6. The van der Waals surface area contributed by atoms with Gasteiger partial charge in [0.15, 0.2) is 0 Å². The van der Waals surface area contributed by atoms with E-state index in [1.807, 2.05) is 110 Å². The summed E-state index contributed by atoms with van der Waals surface area (Å²) in [5, 5.41) is 8.86. The second-order valence-electron chi connectivity index (χ2n) is 42.4. The van der Waals surface area contributed by atoms with E-state index in [-0.39, 0.29) is 60.3 Å². The Morgan fingerprint density at radius 1 is 0.278 bits per heavy atom. The van der Waals surface area contributed by atoms with Crippen LogP contribution in [0.4, 0.5) is 0 Å². The summed E-state index contributed by atoms with van der Waals surface area (Å²) in [6.07, 6.45) is 36.7. The van der Waals surface area contributed by atoms with Crippen molar-refractivity contribution in [1.82, 2.24) is 29.9 Å². The molecular weight excluding hydrogens is 2160 g/mol. The summed E-state index contributed by atoms with van der Waals surface area (Å²) in [6.45, 7) is 49.5. The van der Waals surface area contributed by atoms with Gasteiger partial charge < -0.3 is 29.9 Å². The smallest absolute Gasteiger partial charge is 0.0798 e. The van der Waals surface area contributed by atoms with E-state index in [4.69, 9.17) is 15.0 Å². The summed E-state index contributed by atoms with van der Waals surface area (Å²) in [7, 11) is -7.84. The van der Waals surface area contributed by atoms with Crippen LogP contribution in [0.1, 0.15) is 123 Å². The molecule has 0 spiro atoms. The minimum absolute atomic E-state index is 0. The molecule has 0 unspecified atom stereocenters. The average Bonchev–Trinajstić information content (AvgIpc) is 0.760. The molecule has 4 bridgehead atoms. The Balaban J connectivity index is 0.000000173. The van der Waals surface area contributed by atoms with E-state index in [1.54, 1.807) is 38.7 Å². The molecule has 6 aliphatic rings. The standard InChI is InChI=1S/C26H34NSi.C22H30NSi.C21H28NSi.3C14H16NSi.3Ir/c1-17-7-5-6-8-23(17)25-15-22(26(16-27-25)28(2,3)4)14-24-20-10-18-9-19(12-20)13-21(24)11-18;1-17-10-8-9-13-20(17)21-15-19(14-18-11-6-5-7-12-18)22(16-23-21)24(2,3)4;1-16-9-5-8-12-19(16)20-14-18(13-17-10-6-7-11-17)21(15-22-20)23(2,3)4;3*1-16(2,3)13-9-10-14(15-11-13)12-7-5-4-6-8-12;;;/h5-7,15-16,18-21,24H,9-14H2,1-4H3;8-10,15-16,18H,5-7,11-12,14H2,1-4H3;5,8-9,14-15,17H,6-7,10-11,13H2,1-4H3;3*4-7,9-11H,1-3H3;;;/q6*-1;;;. The third kappa shape index (κ3) is 29.0. The largest absolute Gasteiger partial charge is 0.305 e. The number of hydrogen-bond donors (Lipinski definition) is 0. The van der Waals surface area contributed by atoms with Crippen molar-refractivity contribution in [1.29, 1.82) is 0 Å². The normalized spacial score (nSPS) is 17.4. The van der Waals surface area contributed by atoms with Gasteiger partial charge in [-0.3, -0.25) is 0 Å². The summed E-state index contributed by atoms with van der Waals surface area (Å²) in [6, 6.07) is 82.4. The summed E-state index contributed by atoms with van der Waals surface area (Å²) in [4.78, 5) is 28.1. The van der Waals surface area contributed by atoms with Crippen molar-refractivity contribution in [3.8, 4) is 67.5 Å². The number of pyridine rings is 6. The molecule has 12 aromatic rings. The molecule has 6 aliphatic carbocycles. The fraction of sp³-hybridized carbons (Fsp3) is 0.405. The molecule has 18 rings (SSSR count). The van der Waals surface area contributed by atoms with E-state index in [9.17, 15) is 0 Å². The first-order valence-electron chi connectivity index (χ1n) is 46.2. The molecule has 3 radical (unpaired) electrons. The molecule has 0 N–H and O–H groups in total. The Bertz CT molecular complexity index is 5100. The fourth-order valence-electron chi connectivity index (χ4n) is 19.3. The first-order valence-corrected chi connectivity index (χ1v) is 67.2. The van der Waals surface area contributed by atoms with E-state index in [2.05, 4.69) is 300 Å². The molecular formula is C111H140Ir3N6Si6-6. The molecule has 0 saturated heterocycles. The molecule has 0 amide bonds. The van der Waals surface area contributed by atoms with Crippen LogP contribution in [-0.4, -0.2) is 78.3 Å². The zero-order valence-corrected chi connectivity index (χ0v) is 92.7. The summed E-state index contributed by atoms with van der Waals surface area (Å²) in [5.41, 5.74) is 21.5. The van der Waals surface area contributed by atoms with Gasteiger partial charge in [-0.05, 0) is 158 Å². The van der Waals surface area contributed by atoms with E-state index in [0.29, 0.717) is 0 Å². The van der Waals surface area contributed by atoms with Crippen molar-refractivity contribution in [2.45, 2.75) is 248 Å². The van der Waals surface area contributed by atoms with Crippen LogP contribution < -0.4 is 31.1 Å². The van der Waals surface area contributed by atoms with Crippen LogP contribution in [0.25, 0.3) is 67.5 Å². The summed E-state index contributed by atoms with van der Waals surface area (Å²) in [5.74, 6) is 6.76. The molecule has 126 heavy (non-hydrogen) atoms. The van der Waals surface area contributed by atoms with Crippen molar-refractivity contribution in [2.24, 2.45) is 41.4 Å². The fourth-order valence-corrected chi connectivity index (χ4v) is 27.2. The van der Waals surface area contributed by atoms with E-state index in [0.717, 1.165) is 103 Å². The first-order chi connectivity index (χ1) is 58.5. The third-order valence-corrected chi connectivity index (χ3v) is 38.6. The van der Waals surface area contributed by atoms with Gasteiger partial charge in [0.1, 0.15) is 0 Å². The van der Waals surface area contributed by atoms with Crippen LogP contribution in [0.2, 0.25) is 118 Å². The van der Waals surface area contributed by atoms with Crippen LogP contribution in [0, 0.1) is 98.6 Å². The third-order valence-electron chi connectivity index (χ3n) is 26.3. The molecule has 671 valence electrons. The van der Waals surface area contributed by atoms with Gasteiger partial charge in [-0.15, -0.1) is 214 Å². The van der Waals surface area contributed by atoms with Crippen molar-refractivity contribution < 1.29 is 60.3 Å². The number of nitrogens with zero attached hydrogens (tertiary/aromatic N) is 6. The van der Waals surface area contributed by atoms with Gasteiger partial charge >= 0.3 is 0 Å². The van der Waals surface area contributed by atoms with Crippen molar-refractivity contribution in [2.75, 3.05) is 0 Å². The molecule has 6 saturated carbocycles. The topological polar surface area (TPSA) is 77.3 Å². The average molecular weight is 2300 g/mol. The molecule has 6 heterocycles. The second kappa shape index (κ2) is 46.5. The molecule has 0 aliphatic heterocycles. The number of hydrogen-bond acceptors (Lipinski definition) is 6. The zero-order valence-electron chi connectivity index (χ0n) is 79.5. The number of rotatable bonds is 18. The van der Waals surface area contributed by atoms with Crippen LogP contribution in [0.3, 0.4) is 0 Å². The maximum absolute atomic E-state index is 4.92. The maximum Gasteiger partial charge on any atom is 0.0798 e. The summed E-state index contributed by atoms with van der Waals surface area (Å²) >= 11 is 0. The van der Waals surface area contributed by atoms with Crippen LogP contribution >= 0.6 is 0 Å². The number of aryl methyl sites for hydroxylation is 3. The Kier molecular flexibility index (Phi) is 38.1. The van der Waals surface area contributed by atoms with Gasteiger partial charge in [0.25, 0.3) is 0 Å². The molecule has 0 atom stereocenters. The zero-order chi connectivity index (χ0) is 87.9. The minimum atomic E-state index is -1.41. The first kappa shape index (κ1) is 103. The summed E-state index contributed by atoms with van der Waals surface area (Å²) < 4.78 is 0. The molecule has 6 aromatic carbocycles. The van der Waals surface area contributed by atoms with Crippen molar-refractivity contribution in [3.05, 3.63) is 289 Å². The predicted octanol–water partition coefficient (Wildman–Crippen LogP) is 26.0. The van der Waals surface area contributed by atoms with Gasteiger partial charge in [0, 0.05) is 97.5 Å². The molecule has 6 nitrogen and oxygen atoms in total. The van der Waals surface area contributed by atoms with E-state index in [1.165, 1.54) is 141 Å². The van der Waals surface area contributed by atoms with Gasteiger partial charge in [-0.2, -0.15) is 0 Å². The monoisotopic (exact) mass is 2300 g/mol. The van der Waals surface area contributed by atoms with E-state index < -0.39 is 48.4 Å². The van der Waals surface area contributed by atoms with Crippen LogP contribution in [0.15, 0.2) is 219 Å². The Labute approximate surface area is 808 Å². The molecule has 15 heteroatoms. The second-order valence-corrected chi connectivity index (χ2v) is 72.7.